The van der Waals surface area contributed by atoms with Crippen LogP contribution in [-0.2, 0) is 0 Å². The Kier molecular flexibility index (Phi) is 3.00. The fourth-order valence-electron chi connectivity index (χ4n) is 1.41. The van der Waals surface area contributed by atoms with Gasteiger partial charge in [0.15, 0.2) is 0 Å². The largest absolute Gasteiger partial charge is 0.325 e. The molecule has 0 atom stereocenters. The number of aromatic amines is 2. The molecule has 0 bridgehead atoms. The smallest absolute Gasteiger partial charge is 0.312 e. The molecule has 2 rings (SSSR count). The first-order valence-corrected chi connectivity index (χ1v) is 5.09. The van der Waals surface area contributed by atoms with E-state index in [9.17, 15) is 9.59 Å². The monoisotopic (exact) mass is 229 g/mol. The molecule has 0 saturated carbocycles. The molecule has 0 aliphatic carbocycles. The highest BCUT2D eigenvalue weighted by Gasteiger charge is 2.00. The predicted molar refractivity (Wildman–Crippen MR) is 66.0 cm³/mol. The van der Waals surface area contributed by atoms with Gasteiger partial charge >= 0.3 is 5.69 Å². The first-order chi connectivity index (χ1) is 8.16. The molecule has 0 radical (unpaired) electrons. The van der Waals surface area contributed by atoms with E-state index in [1.54, 1.807) is 6.92 Å². The Morgan fingerprint density at radius 1 is 1.18 bits per heavy atom. The zero-order valence-electron chi connectivity index (χ0n) is 9.23. The molecule has 0 fully saturated rings. The van der Waals surface area contributed by atoms with Crippen LogP contribution in [-0.4, -0.2) is 15.7 Å². The van der Waals surface area contributed by atoms with Crippen molar-refractivity contribution in [3.63, 3.8) is 0 Å². The number of hydrogen-bond donors (Lipinski definition) is 2. The fraction of sp³-hybridized carbons (Fsp3) is 0.0833. The lowest BCUT2D eigenvalue weighted by molar-refractivity contribution is 1.03. The van der Waals surface area contributed by atoms with Gasteiger partial charge in [0.2, 0.25) is 0 Å². The molecule has 1 heterocycles. The molecule has 2 N–H and O–H groups in total. The zero-order chi connectivity index (χ0) is 12.3. The summed E-state index contributed by atoms with van der Waals surface area (Å²) >= 11 is 0. The third-order valence-electron chi connectivity index (χ3n) is 2.28. The molecule has 17 heavy (non-hydrogen) atoms. The third-order valence-corrected chi connectivity index (χ3v) is 2.28. The van der Waals surface area contributed by atoms with Gasteiger partial charge in [0.25, 0.3) is 5.56 Å². The average Bonchev–Trinajstić information content (AvgIpc) is 2.34. The lowest BCUT2D eigenvalue weighted by Gasteiger charge is -1.99. The van der Waals surface area contributed by atoms with Crippen LogP contribution >= 0.6 is 0 Å². The van der Waals surface area contributed by atoms with Crippen LogP contribution in [0.4, 0.5) is 5.69 Å². The van der Waals surface area contributed by atoms with E-state index >= 15 is 0 Å². The Labute approximate surface area is 96.9 Å². The SMILES string of the molecule is CC(=Nc1c[nH]c(=O)[nH]c1=O)c1ccccc1. The maximum atomic E-state index is 11.4. The summed E-state index contributed by atoms with van der Waals surface area (Å²) in [6, 6.07) is 9.50. The number of nitrogens with one attached hydrogen (secondary N) is 2. The molecular weight excluding hydrogens is 218 g/mol. The molecule has 0 unspecified atom stereocenters. The molecule has 0 aliphatic heterocycles. The highest BCUT2D eigenvalue weighted by atomic mass is 16.2. The highest BCUT2D eigenvalue weighted by molar-refractivity contribution is 6.00. The number of benzene rings is 1. The standard InChI is InChI=1S/C12H11N3O2/c1-8(9-5-3-2-4-6-9)14-10-7-13-12(17)15-11(10)16/h2-7H,1H3,(H2,13,15,16,17). The quantitative estimate of drug-likeness (QED) is 0.759. The lowest BCUT2D eigenvalue weighted by atomic mass is 10.1. The Morgan fingerprint density at radius 2 is 1.88 bits per heavy atom. The molecule has 0 amide bonds. The second-order valence-corrected chi connectivity index (χ2v) is 3.52. The second-order valence-electron chi connectivity index (χ2n) is 3.52. The number of H-pyrrole nitrogens is 2. The molecule has 5 heteroatoms. The third kappa shape index (κ3) is 2.57. The Morgan fingerprint density at radius 3 is 2.53 bits per heavy atom. The van der Waals surface area contributed by atoms with Crippen molar-refractivity contribution in [1.29, 1.82) is 0 Å². The predicted octanol–water partition coefficient (Wildman–Crippen LogP) is 1.20. The van der Waals surface area contributed by atoms with Crippen LogP contribution in [0, 0.1) is 0 Å². The van der Waals surface area contributed by atoms with E-state index < -0.39 is 11.2 Å². The van der Waals surface area contributed by atoms with E-state index in [0.29, 0.717) is 5.71 Å². The minimum Gasteiger partial charge on any atom is -0.312 e. The molecular formula is C12H11N3O2. The van der Waals surface area contributed by atoms with E-state index in [0.717, 1.165) is 5.56 Å². The molecule has 1 aromatic carbocycles. The van der Waals surface area contributed by atoms with Crippen LogP contribution in [0.5, 0.6) is 0 Å². The van der Waals surface area contributed by atoms with Gasteiger partial charge in [-0.05, 0) is 12.5 Å². The zero-order valence-corrected chi connectivity index (χ0v) is 9.23. The van der Waals surface area contributed by atoms with E-state index in [-0.39, 0.29) is 5.69 Å². The number of aliphatic imine (C=N–C) groups is 1. The van der Waals surface area contributed by atoms with Crippen molar-refractivity contribution < 1.29 is 0 Å². The van der Waals surface area contributed by atoms with Crippen molar-refractivity contribution in [3.05, 3.63) is 62.9 Å². The van der Waals surface area contributed by atoms with Gasteiger partial charge in [-0.3, -0.25) is 9.78 Å². The summed E-state index contributed by atoms with van der Waals surface area (Å²) in [6.07, 6.45) is 1.30. The summed E-state index contributed by atoms with van der Waals surface area (Å²) in [6.45, 7) is 1.81. The fourth-order valence-corrected chi connectivity index (χ4v) is 1.41. The van der Waals surface area contributed by atoms with Gasteiger partial charge in [0.1, 0.15) is 5.69 Å². The maximum Gasteiger partial charge on any atom is 0.325 e. The van der Waals surface area contributed by atoms with E-state index in [4.69, 9.17) is 0 Å². The highest BCUT2D eigenvalue weighted by Crippen LogP contribution is 2.06. The van der Waals surface area contributed by atoms with E-state index in [1.807, 2.05) is 30.3 Å². The lowest BCUT2D eigenvalue weighted by Crippen LogP contribution is -2.20. The number of aromatic nitrogens is 2. The number of nitrogens with zero attached hydrogens (tertiary/aromatic N) is 1. The molecule has 1 aromatic heterocycles. The Hall–Kier alpha value is -2.43. The van der Waals surface area contributed by atoms with Crippen LogP contribution in [0.3, 0.4) is 0 Å². The molecule has 86 valence electrons. The van der Waals surface area contributed by atoms with Gasteiger partial charge in [-0.1, -0.05) is 30.3 Å². The summed E-state index contributed by atoms with van der Waals surface area (Å²) in [5.74, 6) is 0. The number of rotatable bonds is 2. The average molecular weight is 229 g/mol. The number of hydrogen-bond acceptors (Lipinski definition) is 3. The molecule has 0 aliphatic rings. The van der Waals surface area contributed by atoms with E-state index in [1.165, 1.54) is 6.20 Å². The molecule has 2 aromatic rings. The van der Waals surface area contributed by atoms with Gasteiger partial charge in [-0.15, -0.1) is 0 Å². The summed E-state index contributed by atoms with van der Waals surface area (Å²) in [5.41, 5.74) is 0.794. The van der Waals surface area contributed by atoms with Crippen molar-refractivity contribution in [2.45, 2.75) is 6.92 Å². The van der Waals surface area contributed by atoms with Crippen LogP contribution in [0.2, 0.25) is 0 Å². The molecule has 0 spiro atoms. The van der Waals surface area contributed by atoms with Crippen LogP contribution in [0.15, 0.2) is 51.1 Å². The topological polar surface area (TPSA) is 78.1 Å². The van der Waals surface area contributed by atoms with Gasteiger partial charge in [-0.2, -0.15) is 0 Å². The van der Waals surface area contributed by atoms with Crippen LogP contribution in [0.1, 0.15) is 12.5 Å². The first-order valence-electron chi connectivity index (χ1n) is 5.09. The van der Waals surface area contributed by atoms with Crippen molar-refractivity contribution in [1.82, 2.24) is 9.97 Å². The Bertz CT molecular complexity index is 653. The molecule has 0 saturated heterocycles. The van der Waals surface area contributed by atoms with Crippen LogP contribution < -0.4 is 11.2 Å². The summed E-state index contributed by atoms with van der Waals surface area (Å²) in [4.78, 5) is 30.9. The van der Waals surface area contributed by atoms with Crippen molar-refractivity contribution in [2.75, 3.05) is 0 Å². The van der Waals surface area contributed by atoms with E-state index in [2.05, 4.69) is 15.0 Å². The summed E-state index contributed by atoms with van der Waals surface area (Å²) < 4.78 is 0. The van der Waals surface area contributed by atoms with Gasteiger partial charge in [-0.25, -0.2) is 9.79 Å². The van der Waals surface area contributed by atoms with Gasteiger partial charge in [0, 0.05) is 11.9 Å². The second kappa shape index (κ2) is 4.61. The maximum absolute atomic E-state index is 11.4. The van der Waals surface area contributed by atoms with Crippen molar-refractivity contribution >= 4 is 11.4 Å². The van der Waals surface area contributed by atoms with Crippen LogP contribution in [0.25, 0.3) is 0 Å². The van der Waals surface area contributed by atoms with Gasteiger partial charge in [0.05, 0.1) is 0 Å². The minimum absolute atomic E-state index is 0.186. The van der Waals surface area contributed by atoms with Gasteiger partial charge < -0.3 is 4.98 Å². The summed E-state index contributed by atoms with van der Waals surface area (Å²) in [5, 5.41) is 0. The molecule has 5 nitrogen and oxygen atoms in total. The minimum atomic E-state index is -0.536. The summed E-state index contributed by atoms with van der Waals surface area (Å²) in [7, 11) is 0. The first kappa shape index (κ1) is 11.1. The normalized spacial score (nSPS) is 11.5. The van der Waals surface area contributed by atoms with Crippen molar-refractivity contribution in [3.8, 4) is 0 Å². The van der Waals surface area contributed by atoms with Crippen molar-refractivity contribution in [2.24, 2.45) is 4.99 Å². The Balaban J connectivity index is 2.43.